The van der Waals surface area contributed by atoms with E-state index in [1.807, 2.05) is 0 Å². The molecule has 0 amide bonds. The smallest absolute Gasteiger partial charge is 0.293 e. The fourth-order valence-corrected chi connectivity index (χ4v) is 8.79. The van der Waals surface area contributed by atoms with E-state index in [-0.39, 0.29) is 16.9 Å². The second kappa shape index (κ2) is 9.10. The molecule has 0 aromatic carbocycles. The van der Waals surface area contributed by atoms with Gasteiger partial charge in [-0.1, -0.05) is 72.8 Å². The Bertz CT molecular complexity index is 962. The number of aliphatic hydroxyl groups excluding tert-OH is 3. The molecule has 3 N–H and O–H groups in total. The van der Waals surface area contributed by atoms with Crippen molar-refractivity contribution >= 4 is 6.47 Å². The van der Waals surface area contributed by atoms with Gasteiger partial charge in [-0.25, -0.2) is 0 Å². The van der Waals surface area contributed by atoms with E-state index in [1.54, 1.807) is 0 Å². The summed E-state index contributed by atoms with van der Waals surface area (Å²) in [6.45, 7) is 19.9. The summed E-state index contributed by atoms with van der Waals surface area (Å²) in [5, 5.41) is 34.1. The van der Waals surface area contributed by atoms with E-state index in [9.17, 15) is 20.1 Å². The molecule has 4 aliphatic carbocycles. The summed E-state index contributed by atoms with van der Waals surface area (Å²) in [5.41, 5.74) is 2.08. The molecular weight excluding hydrogens is 452 g/mol. The summed E-state index contributed by atoms with van der Waals surface area (Å²) in [4.78, 5) is 11.6. The first-order valence-electron chi connectivity index (χ1n) is 13.9. The molecule has 4 aliphatic rings. The Labute approximate surface area is 217 Å². The van der Waals surface area contributed by atoms with E-state index in [0.29, 0.717) is 37.6 Å². The van der Waals surface area contributed by atoms with Crippen molar-refractivity contribution in [1.82, 2.24) is 0 Å². The van der Waals surface area contributed by atoms with E-state index >= 15 is 0 Å². The number of fused-ring (bicyclic) bond motifs is 5. The minimum absolute atomic E-state index is 0.0897. The Morgan fingerprint density at radius 1 is 1.14 bits per heavy atom. The van der Waals surface area contributed by atoms with Gasteiger partial charge in [0.25, 0.3) is 6.47 Å². The van der Waals surface area contributed by atoms with Crippen molar-refractivity contribution in [3.8, 4) is 0 Å². The Morgan fingerprint density at radius 3 is 2.42 bits per heavy atom. The number of carbonyl (C=O) groups excluding carboxylic acids is 1. The molecule has 202 valence electrons. The Hall–Kier alpha value is -1.43. The zero-order valence-electron chi connectivity index (χ0n) is 23.4. The third-order valence-corrected chi connectivity index (χ3v) is 11.6. The minimum Gasteiger partial charge on any atom is -0.464 e. The minimum atomic E-state index is -0.999. The lowest BCUT2D eigenvalue weighted by Crippen LogP contribution is -2.56. The predicted molar refractivity (Wildman–Crippen MR) is 142 cm³/mol. The predicted octanol–water partition coefficient (Wildman–Crippen LogP) is 5.35. The maximum atomic E-state index is 11.7. The summed E-state index contributed by atoms with van der Waals surface area (Å²) >= 11 is 0. The fourth-order valence-electron chi connectivity index (χ4n) is 8.79. The summed E-state index contributed by atoms with van der Waals surface area (Å²) in [7, 11) is 0. The van der Waals surface area contributed by atoms with Crippen LogP contribution in [0.15, 0.2) is 35.5 Å². The standard InChI is InChI=1S/C31H48O5/c1-18(2)19(3)9-11-22(36-17-32)25-26(34)27(35)31(8)21-10-12-23-28(4,5)24(33)14-15-29(23,6)20(21)13-16-30(25,31)7/h10,13,17-18,22-27,33-35H,3,9,11-12,14-16H2,1-2,4-8H3/t22?,23-,24-,25-,26-,27-,29+,30+,31+/m0/s1. The fraction of sp³-hybridized carbons (Fsp3) is 0.774. The van der Waals surface area contributed by atoms with Crippen LogP contribution >= 0.6 is 0 Å². The third kappa shape index (κ3) is 3.63. The number of aliphatic hydroxyl groups is 3. The Balaban J connectivity index is 1.76. The summed E-state index contributed by atoms with van der Waals surface area (Å²) in [5.74, 6) is 0.252. The van der Waals surface area contributed by atoms with E-state index < -0.39 is 35.1 Å². The first-order valence-corrected chi connectivity index (χ1v) is 13.9. The molecule has 9 atom stereocenters. The molecule has 5 heteroatoms. The highest BCUT2D eigenvalue weighted by molar-refractivity contribution is 5.51. The van der Waals surface area contributed by atoms with Crippen LogP contribution < -0.4 is 0 Å². The molecule has 0 aliphatic heterocycles. The molecule has 2 saturated carbocycles. The number of hydrogen-bond acceptors (Lipinski definition) is 5. The van der Waals surface area contributed by atoms with Crippen LogP contribution in [0.2, 0.25) is 0 Å². The summed E-state index contributed by atoms with van der Waals surface area (Å²) < 4.78 is 5.65. The maximum absolute atomic E-state index is 11.7. The average molecular weight is 501 g/mol. The normalized spacial score (nSPS) is 44.0. The molecule has 0 aromatic rings. The van der Waals surface area contributed by atoms with Gasteiger partial charge >= 0.3 is 0 Å². The quantitative estimate of drug-likeness (QED) is 0.324. The number of hydrogen-bond donors (Lipinski definition) is 3. The van der Waals surface area contributed by atoms with Crippen LogP contribution in [0.4, 0.5) is 0 Å². The number of rotatable bonds is 7. The maximum Gasteiger partial charge on any atom is 0.293 e. The average Bonchev–Trinajstić information content (AvgIpc) is 2.97. The van der Waals surface area contributed by atoms with Gasteiger partial charge in [0.2, 0.25) is 0 Å². The van der Waals surface area contributed by atoms with Gasteiger partial charge in [0, 0.05) is 11.3 Å². The Kier molecular flexibility index (Phi) is 6.97. The molecule has 0 spiro atoms. The number of ether oxygens (including phenoxy) is 1. The van der Waals surface area contributed by atoms with Gasteiger partial charge in [0.15, 0.2) is 0 Å². The Morgan fingerprint density at radius 2 is 1.81 bits per heavy atom. The van der Waals surface area contributed by atoms with Crippen molar-refractivity contribution in [2.45, 2.75) is 111 Å². The lowest BCUT2D eigenvalue weighted by Gasteiger charge is -2.61. The third-order valence-electron chi connectivity index (χ3n) is 11.6. The molecule has 0 saturated heterocycles. The van der Waals surface area contributed by atoms with Crippen LogP contribution in [-0.4, -0.2) is 46.2 Å². The van der Waals surface area contributed by atoms with Crippen molar-refractivity contribution in [1.29, 1.82) is 0 Å². The van der Waals surface area contributed by atoms with Crippen molar-refractivity contribution in [3.05, 3.63) is 35.5 Å². The van der Waals surface area contributed by atoms with Crippen molar-refractivity contribution < 1.29 is 24.9 Å². The van der Waals surface area contributed by atoms with E-state index in [2.05, 4.69) is 67.2 Å². The van der Waals surface area contributed by atoms with Gasteiger partial charge in [-0.2, -0.15) is 0 Å². The highest BCUT2D eigenvalue weighted by Crippen LogP contribution is 2.71. The summed E-state index contributed by atoms with van der Waals surface area (Å²) in [6, 6.07) is 0. The largest absolute Gasteiger partial charge is 0.464 e. The van der Waals surface area contributed by atoms with E-state index in [1.165, 1.54) is 5.57 Å². The zero-order chi connectivity index (χ0) is 26.8. The monoisotopic (exact) mass is 500 g/mol. The molecule has 2 fully saturated rings. The van der Waals surface area contributed by atoms with Crippen LogP contribution in [0.3, 0.4) is 0 Å². The van der Waals surface area contributed by atoms with Crippen molar-refractivity contribution in [2.75, 3.05) is 0 Å². The van der Waals surface area contributed by atoms with Crippen LogP contribution in [0.1, 0.15) is 87.0 Å². The van der Waals surface area contributed by atoms with Gasteiger partial charge < -0.3 is 20.1 Å². The molecule has 5 nitrogen and oxygen atoms in total. The molecule has 0 radical (unpaired) electrons. The molecule has 36 heavy (non-hydrogen) atoms. The first kappa shape index (κ1) is 27.6. The molecule has 0 aromatic heterocycles. The van der Waals surface area contributed by atoms with E-state index in [4.69, 9.17) is 4.74 Å². The SMILES string of the molecule is C=C(CCC(OC=O)[C@H]1[C@H](O)[C@H](O)[C@@]2(C)C3=CC[C@H]4C(C)(C)[C@@H](O)CC[C@]4(C)C3=CC[C@]12C)C(C)C. The van der Waals surface area contributed by atoms with Gasteiger partial charge in [-0.3, -0.25) is 4.79 Å². The molecular formula is C31H48O5. The van der Waals surface area contributed by atoms with Gasteiger partial charge in [0.05, 0.1) is 18.3 Å². The zero-order valence-corrected chi connectivity index (χ0v) is 23.4. The second-order valence-electron chi connectivity index (χ2n) is 13.7. The second-order valence-corrected chi connectivity index (χ2v) is 13.7. The van der Waals surface area contributed by atoms with Gasteiger partial charge in [-0.15, -0.1) is 0 Å². The lowest BCUT2D eigenvalue weighted by atomic mass is 9.44. The van der Waals surface area contributed by atoms with Crippen LogP contribution in [0, 0.1) is 39.4 Å². The van der Waals surface area contributed by atoms with E-state index in [0.717, 1.165) is 30.4 Å². The lowest BCUT2D eigenvalue weighted by molar-refractivity contribution is -0.143. The summed E-state index contributed by atoms with van der Waals surface area (Å²) in [6.07, 6.45) is 6.36. The van der Waals surface area contributed by atoms with Crippen molar-refractivity contribution in [2.24, 2.45) is 39.4 Å². The van der Waals surface area contributed by atoms with Crippen LogP contribution in [0.5, 0.6) is 0 Å². The number of carbonyl (C=O) groups is 1. The molecule has 1 unspecified atom stereocenters. The first-order chi connectivity index (χ1) is 16.7. The van der Waals surface area contributed by atoms with Gasteiger partial charge in [-0.05, 0) is 77.8 Å². The molecule has 4 rings (SSSR count). The van der Waals surface area contributed by atoms with Crippen LogP contribution in [-0.2, 0) is 9.53 Å². The van der Waals surface area contributed by atoms with Gasteiger partial charge in [0.1, 0.15) is 6.10 Å². The highest BCUT2D eigenvalue weighted by Gasteiger charge is 2.70. The van der Waals surface area contributed by atoms with Crippen molar-refractivity contribution in [3.63, 3.8) is 0 Å². The number of allylic oxidation sites excluding steroid dienone is 4. The topological polar surface area (TPSA) is 87.0 Å². The molecule has 0 bridgehead atoms. The molecule has 0 heterocycles. The highest BCUT2D eigenvalue weighted by atomic mass is 16.5. The van der Waals surface area contributed by atoms with Crippen LogP contribution in [0.25, 0.3) is 0 Å².